The van der Waals surface area contributed by atoms with Crippen LogP contribution in [0.4, 0.5) is 0 Å². The Kier molecular flexibility index (Phi) is 28.0. The molecular weight excluding hydrogens is 1520 g/mol. The SMILES string of the molecule is COC[C@H](Cc1ccc(C)cc1)n1c(=N)n(Cc2ccc(C)cc2)c2ccccc21.COC[C@H](Cc1ccc(C)cc1)n1c(=N)n(Cc2cccc3cccnc23)c2ccccc21.COC[C@H](Cc1ccc(C)cc1)n1c(=N)n(Cc2ccsc2)c2ccccc21.COC[C@H](Cc1ccc(C)cc1)n1c(=N)n(Cc2cnc(C)nc2)c2ccccc21. The van der Waals surface area contributed by atoms with Crippen LogP contribution in [-0.2, 0) is 70.8 Å². The van der Waals surface area contributed by atoms with Gasteiger partial charge in [-0.05, 0) is 178 Å². The second kappa shape index (κ2) is 39.9. The lowest BCUT2D eigenvalue weighted by molar-refractivity contribution is 0.154. The lowest BCUT2D eigenvalue weighted by Crippen LogP contribution is -2.31. The van der Waals surface area contributed by atoms with E-state index in [1.54, 1.807) is 39.8 Å². The molecule has 0 unspecified atom stereocenters. The van der Waals surface area contributed by atoms with Crippen molar-refractivity contribution in [1.82, 2.24) is 51.5 Å². The van der Waals surface area contributed by atoms with Crippen molar-refractivity contribution in [3.8, 4) is 0 Å². The number of benzene rings is 10. The maximum Gasteiger partial charge on any atom is 0.203 e. The Balaban J connectivity index is 0.000000132. The second-order valence-corrected chi connectivity index (χ2v) is 32.3. The number of thiophene rings is 1. The third kappa shape index (κ3) is 20.1. The zero-order valence-corrected chi connectivity index (χ0v) is 71.7. The van der Waals surface area contributed by atoms with Crippen LogP contribution in [0.1, 0.15) is 102 Å². The van der Waals surface area contributed by atoms with Crippen molar-refractivity contribution in [3.63, 3.8) is 0 Å². The molecule has 0 aliphatic carbocycles. The standard InChI is InChI=1S/C28H28N4O.C26H29N3O.C24H27N5O.C23H25N3OS/c1-20-12-14-21(15-13-20)17-24(19-33-2)32-26-11-4-3-10-25(26)31(28(32)29)18-23-8-5-7-22-9-6-16-30-27(22)23;1-19-8-12-21(13-9-19)16-23(18-30-3)29-25-7-5-4-6-24(25)28(26(29)27)17-22-14-10-20(2)11-15-22;1-17-8-10-19(11-9-17)12-21(16-30-3)29-23-7-5-4-6-22(23)28(24(29)25)15-20-13-26-18(2)27-14-20;1-17-7-9-18(10-8-17)13-20(15-27-2)26-22-6-4-3-5-21(22)25(23(26)24)14-19-11-12-28-16-19/h3-16,24,29H,17-19H2,1-2H3;4-15,23,27H,16-18H2,1-3H3;4-11,13-14,21,25H,12,15-16H2,1-3H3;3-12,16,20,24H,13-15H2,1-2H3/t24-;23-;21-;20-/m0000/s1. The maximum absolute atomic E-state index is 9.19. The summed E-state index contributed by atoms with van der Waals surface area (Å²) >= 11 is 1.69. The monoisotopic (exact) mass is 1630 g/mol. The van der Waals surface area contributed by atoms with Crippen LogP contribution in [0.5, 0.6) is 0 Å². The summed E-state index contributed by atoms with van der Waals surface area (Å²) in [6.07, 6.45) is 8.75. The van der Waals surface area contributed by atoms with Crippen LogP contribution in [0.2, 0.25) is 0 Å². The third-order valence-corrected chi connectivity index (χ3v) is 23.3. The predicted molar refractivity (Wildman–Crippen MR) is 487 cm³/mol. The van der Waals surface area contributed by atoms with Crippen molar-refractivity contribution in [3.05, 3.63) is 385 Å². The Hall–Kier alpha value is -12.7. The van der Waals surface area contributed by atoms with E-state index in [9.17, 15) is 5.41 Å². The molecule has 0 amide bonds. The first-order chi connectivity index (χ1) is 58.9. The van der Waals surface area contributed by atoms with E-state index in [-0.39, 0.29) is 24.2 Å². The van der Waals surface area contributed by atoms with Gasteiger partial charge >= 0.3 is 0 Å². The first-order valence-corrected chi connectivity index (χ1v) is 42.2. The smallest absolute Gasteiger partial charge is 0.203 e. The molecule has 0 saturated heterocycles. The van der Waals surface area contributed by atoms with Crippen LogP contribution < -0.4 is 22.5 Å². The zero-order valence-electron chi connectivity index (χ0n) is 70.9. The van der Waals surface area contributed by atoms with Gasteiger partial charge in [-0.15, -0.1) is 0 Å². The molecule has 0 aliphatic rings. The Morgan fingerprint density at radius 1 is 0.298 bits per heavy atom. The maximum atomic E-state index is 9.19. The van der Waals surface area contributed by atoms with Crippen molar-refractivity contribution in [1.29, 1.82) is 21.6 Å². The lowest BCUT2D eigenvalue weighted by atomic mass is 10.0. The highest BCUT2D eigenvalue weighted by Gasteiger charge is 2.25. The minimum atomic E-state index is 0.0157. The van der Waals surface area contributed by atoms with E-state index in [0.717, 1.165) is 97.7 Å². The predicted octanol–water partition coefficient (Wildman–Crippen LogP) is 18.9. The number of nitrogens with zero attached hydrogens (tertiary/aromatic N) is 11. The average Bonchev–Trinajstić information content (AvgIpc) is 1.64. The first kappa shape index (κ1) is 84.8. The van der Waals surface area contributed by atoms with Crippen molar-refractivity contribution in [2.24, 2.45) is 0 Å². The molecule has 20 heteroatoms. The molecule has 0 bridgehead atoms. The normalized spacial score (nSPS) is 12.4. The van der Waals surface area contributed by atoms with E-state index in [0.29, 0.717) is 75.1 Å². The third-order valence-electron chi connectivity index (χ3n) is 22.5. The van der Waals surface area contributed by atoms with Crippen molar-refractivity contribution in [2.75, 3.05) is 54.9 Å². The van der Waals surface area contributed by atoms with E-state index in [4.69, 9.17) is 35.2 Å². The fourth-order valence-corrected chi connectivity index (χ4v) is 17.0. The van der Waals surface area contributed by atoms with Crippen LogP contribution >= 0.6 is 11.3 Å². The van der Waals surface area contributed by atoms with E-state index in [1.807, 2.05) is 84.7 Å². The van der Waals surface area contributed by atoms with E-state index in [1.165, 1.54) is 61.2 Å². The summed E-state index contributed by atoms with van der Waals surface area (Å²) in [6, 6.07) is 88.6. The van der Waals surface area contributed by atoms with Gasteiger partial charge in [0.1, 0.15) is 5.82 Å². The molecule has 0 fully saturated rings. The summed E-state index contributed by atoms with van der Waals surface area (Å²) in [6.45, 7) is 17.1. The summed E-state index contributed by atoms with van der Waals surface area (Å²) in [5.41, 5.74) is 27.1. The molecule has 7 heterocycles. The summed E-state index contributed by atoms with van der Waals surface area (Å²) in [5, 5.41) is 41.6. The minimum Gasteiger partial charge on any atom is -0.383 e. The number of aromatic nitrogens is 11. The number of ether oxygens (including phenoxy) is 4. The molecule has 0 radical (unpaired) electrons. The van der Waals surface area contributed by atoms with Gasteiger partial charge in [0.05, 0.1) is 126 Å². The lowest BCUT2D eigenvalue weighted by Gasteiger charge is -2.19. The number of fused-ring (bicyclic) bond motifs is 5. The highest BCUT2D eigenvalue weighted by atomic mass is 32.1. The first-order valence-electron chi connectivity index (χ1n) is 41.3. The van der Waals surface area contributed by atoms with Gasteiger partial charge in [0.15, 0.2) is 0 Å². The fraction of sp³-hybridized carbons (Fsp3) is 0.257. The number of rotatable bonds is 28. The molecule has 4 atom stereocenters. The summed E-state index contributed by atoms with van der Waals surface area (Å²) in [4.78, 5) is 13.2. The summed E-state index contributed by atoms with van der Waals surface area (Å²) in [7, 11) is 6.91. The van der Waals surface area contributed by atoms with Gasteiger partial charge in [-0.25, -0.2) is 9.97 Å². The van der Waals surface area contributed by atoms with Gasteiger partial charge in [0.25, 0.3) is 0 Å². The molecule has 0 saturated carbocycles. The molecule has 17 rings (SSSR count). The number of imidazole rings is 4. The second-order valence-electron chi connectivity index (χ2n) is 31.5. The van der Waals surface area contributed by atoms with Crippen molar-refractivity contribution in [2.45, 2.75) is 118 Å². The van der Waals surface area contributed by atoms with E-state index in [2.05, 4.69) is 292 Å². The van der Waals surface area contributed by atoms with Crippen LogP contribution in [-0.4, -0.2) is 106 Å². The Labute approximate surface area is 711 Å². The van der Waals surface area contributed by atoms with Gasteiger partial charge in [0.2, 0.25) is 22.5 Å². The number of hydrogen-bond donors (Lipinski definition) is 4. The largest absolute Gasteiger partial charge is 0.383 e. The summed E-state index contributed by atoms with van der Waals surface area (Å²) in [5.74, 6) is 0.746. The number of hydrogen-bond acceptors (Lipinski definition) is 12. The van der Waals surface area contributed by atoms with Gasteiger partial charge in [0, 0.05) is 58.0 Å². The highest BCUT2D eigenvalue weighted by molar-refractivity contribution is 7.08. The van der Waals surface area contributed by atoms with Gasteiger partial charge in [-0.2, -0.15) is 11.3 Å². The van der Waals surface area contributed by atoms with Gasteiger partial charge in [-0.1, -0.05) is 222 Å². The van der Waals surface area contributed by atoms with Crippen LogP contribution in [0.3, 0.4) is 0 Å². The van der Waals surface area contributed by atoms with Crippen molar-refractivity contribution < 1.29 is 18.9 Å². The Bertz CT molecular complexity index is 6330. The fourth-order valence-electron chi connectivity index (χ4n) is 16.4. The number of para-hydroxylation sites is 9. The quantitative estimate of drug-likeness (QED) is 0.0372. The molecule has 0 spiro atoms. The van der Waals surface area contributed by atoms with Gasteiger partial charge in [-0.3, -0.25) is 26.6 Å². The topological polar surface area (TPSA) is 210 Å². The average molecular weight is 1630 g/mol. The molecule has 7 aromatic heterocycles. The molecule has 0 aliphatic heterocycles. The molecule has 17 aromatic rings. The van der Waals surface area contributed by atoms with Crippen molar-refractivity contribution >= 4 is 66.4 Å². The number of methoxy groups -OCH3 is 4. The van der Waals surface area contributed by atoms with Crippen LogP contribution in [0, 0.1) is 63.2 Å². The zero-order chi connectivity index (χ0) is 84.5. The molecule has 19 nitrogen and oxygen atoms in total. The van der Waals surface area contributed by atoms with E-state index < -0.39 is 0 Å². The number of nitrogens with one attached hydrogen (secondary N) is 4. The van der Waals surface area contributed by atoms with Gasteiger partial charge < -0.3 is 55.5 Å². The van der Waals surface area contributed by atoms with Crippen LogP contribution in [0.15, 0.2) is 284 Å². The molecule has 10 aromatic carbocycles. The molecule has 121 heavy (non-hydrogen) atoms. The molecule has 4 N–H and O–H groups in total. The number of aryl methyl sites for hydroxylation is 6. The highest BCUT2D eigenvalue weighted by Crippen LogP contribution is 2.29. The van der Waals surface area contributed by atoms with E-state index >= 15 is 0 Å². The summed E-state index contributed by atoms with van der Waals surface area (Å²) < 4.78 is 39.1. The Morgan fingerprint density at radius 3 is 0.917 bits per heavy atom. The minimum absolute atomic E-state index is 0.0157. The number of pyridine rings is 1. The van der Waals surface area contributed by atoms with Crippen LogP contribution in [0.25, 0.3) is 55.0 Å². The molecule has 618 valence electrons. The Morgan fingerprint density at radius 2 is 0.595 bits per heavy atom. The molecular formula is C101H109N15O4S.